The fourth-order valence-electron chi connectivity index (χ4n) is 1.78. The quantitative estimate of drug-likeness (QED) is 0.908. The number of aromatic carboxylic acids is 1. The second-order valence-corrected chi connectivity index (χ2v) is 3.73. The predicted molar refractivity (Wildman–Crippen MR) is 67.9 cm³/mol. The Labute approximate surface area is 109 Å². The van der Waals surface area contributed by atoms with E-state index in [0.717, 1.165) is 0 Å². The lowest BCUT2D eigenvalue weighted by atomic mass is 10.0. The Kier molecular flexibility index (Phi) is 3.44. The van der Waals surface area contributed by atoms with Crippen molar-refractivity contribution in [3.05, 3.63) is 47.8 Å². The monoisotopic (exact) mass is 254 g/mol. The topological polar surface area (TPSA) is 83.2 Å². The molecule has 0 spiro atoms. The zero-order valence-corrected chi connectivity index (χ0v) is 10.1. The van der Waals surface area contributed by atoms with Crippen LogP contribution in [0.3, 0.4) is 0 Å². The van der Waals surface area contributed by atoms with Crippen molar-refractivity contribution in [2.45, 2.75) is 0 Å². The summed E-state index contributed by atoms with van der Waals surface area (Å²) >= 11 is 0. The number of carbonyl (C=O) groups is 1. The summed E-state index contributed by atoms with van der Waals surface area (Å²) < 4.78 is 5.21. The summed E-state index contributed by atoms with van der Waals surface area (Å²) in [6.07, 6.45) is 1.37. The zero-order valence-electron chi connectivity index (χ0n) is 10.1. The first-order chi connectivity index (χ1) is 9.17. The van der Waals surface area contributed by atoms with Crippen LogP contribution >= 0.6 is 0 Å². The number of pyridine rings is 1. The summed E-state index contributed by atoms with van der Waals surface area (Å²) in [6, 6.07) is 10.1. The van der Waals surface area contributed by atoms with Gasteiger partial charge in [-0.05, 0) is 12.1 Å². The Morgan fingerprint density at radius 3 is 2.74 bits per heavy atom. The second kappa shape index (κ2) is 5.19. The van der Waals surface area contributed by atoms with Crippen LogP contribution in [0, 0.1) is 11.3 Å². The lowest BCUT2D eigenvalue weighted by Crippen LogP contribution is -2.02. The third kappa shape index (κ3) is 2.38. The molecule has 1 N–H and O–H groups in total. The average molecular weight is 254 g/mol. The number of para-hydroxylation sites is 1. The molecule has 0 aliphatic rings. The minimum atomic E-state index is -1.11. The van der Waals surface area contributed by atoms with Crippen molar-refractivity contribution in [3.8, 4) is 22.9 Å². The van der Waals surface area contributed by atoms with Crippen LogP contribution in [-0.4, -0.2) is 23.2 Å². The molecule has 0 radical (unpaired) electrons. The number of carboxylic acid groups (broad SMARTS) is 1. The third-order valence-electron chi connectivity index (χ3n) is 2.65. The van der Waals surface area contributed by atoms with Crippen molar-refractivity contribution >= 4 is 5.97 Å². The number of ether oxygens (including phenoxy) is 1. The van der Waals surface area contributed by atoms with E-state index >= 15 is 0 Å². The number of benzene rings is 1. The van der Waals surface area contributed by atoms with E-state index in [9.17, 15) is 9.90 Å². The number of methoxy groups -OCH3 is 1. The third-order valence-corrected chi connectivity index (χ3v) is 2.65. The summed E-state index contributed by atoms with van der Waals surface area (Å²) in [4.78, 5) is 15.2. The van der Waals surface area contributed by atoms with Crippen LogP contribution in [0.2, 0.25) is 0 Å². The minimum Gasteiger partial charge on any atom is -0.496 e. The highest BCUT2D eigenvalue weighted by Crippen LogP contribution is 2.31. The first-order valence-corrected chi connectivity index (χ1v) is 5.44. The molecule has 0 atom stereocenters. The van der Waals surface area contributed by atoms with Crippen LogP contribution in [0.25, 0.3) is 11.1 Å². The molecule has 1 aromatic carbocycles. The number of hydrogen-bond donors (Lipinski definition) is 1. The lowest BCUT2D eigenvalue weighted by molar-refractivity contribution is 0.0697. The predicted octanol–water partition coefficient (Wildman–Crippen LogP) is 2.33. The molecule has 0 saturated heterocycles. The molecule has 5 heteroatoms. The molecule has 0 fully saturated rings. The highest BCUT2D eigenvalue weighted by Gasteiger charge is 2.16. The molecule has 1 heterocycles. The van der Waals surface area contributed by atoms with Gasteiger partial charge in [0, 0.05) is 17.3 Å². The standard InChI is InChI=1S/C14H10N2O3/c1-19-13-5-3-2-4-10(13)12-8-16-9(7-15)6-11(12)14(17)18/h2-6,8H,1H3,(H,17,18). The molecule has 19 heavy (non-hydrogen) atoms. The summed E-state index contributed by atoms with van der Waals surface area (Å²) in [7, 11) is 1.51. The first-order valence-electron chi connectivity index (χ1n) is 5.44. The van der Waals surface area contributed by atoms with Gasteiger partial charge in [-0.15, -0.1) is 0 Å². The van der Waals surface area contributed by atoms with E-state index in [1.807, 2.05) is 6.07 Å². The molecule has 2 rings (SSSR count). The maximum absolute atomic E-state index is 11.3. The number of carboxylic acids is 1. The van der Waals surface area contributed by atoms with Gasteiger partial charge in [0.05, 0.1) is 12.7 Å². The highest BCUT2D eigenvalue weighted by atomic mass is 16.5. The maximum atomic E-state index is 11.3. The van der Waals surface area contributed by atoms with Crippen LogP contribution in [0.4, 0.5) is 0 Å². The molecule has 2 aromatic rings. The van der Waals surface area contributed by atoms with Gasteiger partial charge in [0.2, 0.25) is 0 Å². The molecule has 94 valence electrons. The van der Waals surface area contributed by atoms with Gasteiger partial charge in [-0.2, -0.15) is 5.26 Å². The van der Waals surface area contributed by atoms with Crippen LogP contribution in [0.15, 0.2) is 36.5 Å². The number of aromatic nitrogens is 1. The Bertz CT molecular complexity index is 675. The Balaban J connectivity index is 2.69. The molecular weight excluding hydrogens is 244 g/mol. The van der Waals surface area contributed by atoms with E-state index < -0.39 is 5.97 Å². The van der Waals surface area contributed by atoms with Crippen molar-refractivity contribution in [3.63, 3.8) is 0 Å². The lowest BCUT2D eigenvalue weighted by Gasteiger charge is -2.10. The molecule has 0 unspecified atom stereocenters. The van der Waals surface area contributed by atoms with Gasteiger partial charge in [-0.1, -0.05) is 18.2 Å². The normalized spacial score (nSPS) is 9.68. The van der Waals surface area contributed by atoms with Crippen LogP contribution in [0.5, 0.6) is 5.75 Å². The highest BCUT2D eigenvalue weighted by molar-refractivity contribution is 5.97. The van der Waals surface area contributed by atoms with E-state index in [-0.39, 0.29) is 11.3 Å². The first kappa shape index (κ1) is 12.6. The van der Waals surface area contributed by atoms with Gasteiger partial charge >= 0.3 is 5.97 Å². The van der Waals surface area contributed by atoms with E-state index in [1.54, 1.807) is 24.3 Å². The van der Waals surface area contributed by atoms with Crippen LogP contribution in [0.1, 0.15) is 16.1 Å². The number of nitrogens with zero attached hydrogens (tertiary/aromatic N) is 2. The van der Waals surface area contributed by atoms with E-state index in [4.69, 9.17) is 10.00 Å². The zero-order chi connectivity index (χ0) is 13.8. The summed E-state index contributed by atoms with van der Waals surface area (Å²) in [5.41, 5.74) is 1.13. The summed E-state index contributed by atoms with van der Waals surface area (Å²) in [5.74, 6) is -0.559. The van der Waals surface area contributed by atoms with Crippen molar-refractivity contribution in [2.75, 3.05) is 7.11 Å². The minimum absolute atomic E-state index is 0.0241. The van der Waals surface area contributed by atoms with E-state index in [2.05, 4.69) is 4.98 Å². The Hall–Kier alpha value is -2.87. The van der Waals surface area contributed by atoms with Crippen molar-refractivity contribution in [2.24, 2.45) is 0 Å². The largest absolute Gasteiger partial charge is 0.496 e. The summed E-state index contributed by atoms with van der Waals surface area (Å²) in [6.45, 7) is 0. The Morgan fingerprint density at radius 2 is 2.11 bits per heavy atom. The number of rotatable bonds is 3. The SMILES string of the molecule is COc1ccccc1-c1cnc(C#N)cc1C(=O)O. The number of hydrogen-bond acceptors (Lipinski definition) is 4. The molecule has 0 aliphatic carbocycles. The maximum Gasteiger partial charge on any atom is 0.336 e. The van der Waals surface area contributed by atoms with Gasteiger partial charge in [-0.25, -0.2) is 9.78 Å². The number of nitriles is 1. The van der Waals surface area contributed by atoms with Crippen LogP contribution in [-0.2, 0) is 0 Å². The molecule has 5 nitrogen and oxygen atoms in total. The smallest absolute Gasteiger partial charge is 0.336 e. The van der Waals surface area contributed by atoms with Crippen LogP contribution < -0.4 is 4.74 Å². The molecule has 0 amide bonds. The molecule has 1 aromatic heterocycles. The summed E-state index contributed by atoms with van der Waals surface area (Å²) in [5, 5.41) is 18.0. The van der Waals surface area contributed by atoms with Gasteiger partial charge in [0.1, 0.15) is 17.5 Å². The molecule has 0 bridgehead atoms. The fraction of sp³-hybridized carbons (Fsp3) is 0.0714. The second-order valence-electron chi connectivity index (χ2n) is 3.73. The van der Waals surface area contributed by atoms with E-state index in [0.29, 0.717) is 16.9 Å². The van der Waals surface area contributed by atoms with E-state index in [1.165, 1.54) is 19.4 Å². The van der Waals surface area contributed by atoms with Crippen molar-refractivity contribution in [1.82, 2.24) is 4.98 Å². The van der Waals surface area contributed by atoms with Gasteiger partial charge in [0.15, 0.2) is 0 Å². The average Bonchev–Trinajstić information content (AvgIpc) is 2.46. The fourth-order valence-corrected chi connectivity index (χ4v) is 1.78. The molecular formula is C14H10N2O3. The van der Waals surface area contributed by atoms with Gasteiger partial charge in [-0.3, -0.25) is 0 Å². The van der Waals surface area contributed by atoms with Crippen molar-refractivity contribution < 1.29 is 14.6 Å². The van der Waals surface area contributed by atoms with Crippen molar-refractivity contribution in [1.29, 1.82) is 5.26 Å². The molecule has 0 saturated carbocycles. The van der Waals surface area contributed by atoms with Gasteiger partial charge < -0.3 is 9.84 Å². The Morgan fingerprint density at radius 1 is 1.37 bits per heavy atom. The molecule has 0 aliphatic heterocycles. The van der Waals surface area contributed by atoms with Gasteiger partial charge in [0.25, 0.3) is 0 Å².